The van der Waals surface area contributed by atoms with E-state index in [1.54, 1.807) is 12.1 Å². The van der Waals surface area contributed by atoms with E-state index in [9.17, 15) is 8.42 Å². The molecule has 0 radical (unpaired) electrons. The molecule has 0 bridgehead atoms. The second-order valence-electron chi connectivity index (χ2n) is 9.88. The topological polar surface area (TPSA) is 40.6 Å². The zero-order chi connectivity index (χ0) is 27.8. The Morgan fingerprint density at radius 2 is 0.634 bits per heavy atom. The number of sulfone groups is 1. The molecule has 0 aliphatic carbocycles. The zero-order valence-corrected chi connectivity index (χ0v) is 22.9. The molecule has 6 aromatic rings. The highest BCUT2D eigenvalue weighted by molar-refractivity contribution is 7.92. The van der Waals surface area contributed by atoms with Crippen LogP contribution in [0.25, 0.3) is 11.1 Å². The summed E-state index contributed by atoms with van der Waals surface area (Å²) < 4.78 is 27.4. The van der Waals surface area contributed by atoms with Crippen LogP contribution in [0.15, 0.2) is 168 Å². The Morgan fingerprint density at radius 3 is 0.927 bits per heavy atom. The molecule has 1 aliphatic heterocycles. The van der Waals surface area contributed by atoms with Crippen molar-refractivity contribution in [2.45, 2.75) is 9.79 Å². The second kappa shape index (κ2) is 10.1. The van der Waals surface area contributed by atoms with Gasteiger partial charge in [-0.15, -0.1) is 0 Å². The molecule has 0 amide bonds. The van der Waals surface area contributed by atoms with Gasteiger partial charge in [0.05, 0.1) is 9.79 Å². The molecule has 7 rings (SSSR count). The Kier molecular flexibility index (Phi) is 6.14. The van der Waals surface area contributed by atoms with Crippen molar-refractivity contribution < 1.29 is 8.42 Å². The number of hydrogen-bond donors (Lipinski definition) is 0. The summed E-state index contributed by atoms with van der Waals surface area (Å²) in [5.41, 5.74) is 7.16. The van der Waals surface area contributed by atoms with E-state index in [4.69, 9.17) is 0 Å². The van der Waals surface area contributed by atoms with Crippen LogP contribution in [0.3, 0.4) is 0 Å². The monoisotopic (exact) mass is 550 g/mol. The molecular weight excluding hydrogens is 524 g/mol. The van der Waals surface area contributed by atoms with Crippen molar-refractivity contribution in [1.29, 1.82) is 0 Å². The molecule has 41 heavy (non-hydrogen) atoms. The van der Waals surface area contributed by atoms with E-state index in [-0.39, 0.29) is 0 Å². The van der Waals surface area contributed by atoms with E-state index in [0.717, 1.165) is 34.1 Å². The summed E-state index contributed by atoms with van der Waals surface area (Å²) in [5, 5.41) is 0. The normalized spacial score (nSPS) is 12.8. The van der Waals surface area contributed by atoms with Crippen LogP contribution in [0.1, 0.15) is 0 Å². The number of nitrogens with zero attached hydrogens (tertiary/aromatic N) is 2. The minimum Gasteiger partial charge on any atom is -0.310 e. The smallest absolute Gasteiger partial charge is 0.207 e. The van der Waals surface area contributed by atoms with Crippen molar-refractivity contribution in [3.8, 4) is 11.1 Å². The lowest BCUT2D eigenvalue weighted by Gasteiger charge is -2.26. The minimum absolute atomic E-state index is 0.334. The van der Waals surface area contributed by atoms with E-state index in [1.807, 2.05) is 97.1 Å². The first-order valence-corrected chi connectivity index (χ1v) is 14.9. The van der Waals surface area contributed by atoms with Crippen molar-refractivity contribution in [3.05, 3.63) is 158 Å². The van der Waals surface area contributed by atoms with E-state index < -0.39 is 9.84 Å². The summed E-state index contributed by atoms with van der Waals surface area (Å²) in [5.74, 6) is 0. The molecule has 6 aromatic carbocycles. The predicted molar refractivity (Wildman–Crippen MR) is 167 cm³/mol. The first-order valence-electron chi connectivity index (χ1n) is 13.5. The average Bonchev–Trinajstić information content (AvgIpc) is 3.25. The van der Waals surface area contributed by atoms with Gasteiger partial charge in [-0.25, -0.2) is 8.42 Å². The summed E-state index contributed by atoms with van der Waals surface area (Å²) in [6.07, 6.45) is 0. The lowest BCUT2D eigenvalue weighted by atomic mass is 10.0. The van der Waals surface area contributed by atoms with Crippen LogP contribution in [0.2, 0.25) is 0 Å². The van der Waals surface area contributed by atoms with E-state index >= 15 is 0 Å². The van der Waals surface area contributed by atoms with Gasteiger partial charge in [0.25, 0.3) is 0 Å². The van der Waals surface area contributed by atoms with Crippen LogP contribution in [-0.4, -0.2) is 8.42 Å². The van der Waals surface area contributed by atoms with E-state index in [2.05, 4.69) is 58.3 Å². The summed E-state index contributed by atoms with van der Waals surface area (Å²) in [7, 11) is -3.65. The predicted octanol–water partition coefficient (Wildman–Crippen LogP) is 9.44. The molecule has 5 heteroatoms. The first kappa shape index (κ1) is 24.9. The molecule has 0 saturated carbocycles. The highest BCUT2D eigenvalue weighted by atomic mass is 32.2. The molecule has 0 spiro atoms. The lowest BCUT2D eigenvalue weighted by Crippen LogP contribution is -2.10. The molecule has 1 aliphatic rings. The number of rotatable bonds is 6. The van der Waals surface area contributed by atoms with Crippen LogP contribution >= 0.6 is 0 Å². The SMILES string of the molecule is O=S1(=O)c2ccc(N(c3ccccc3)c3ccccc3)cc2-c2cc(N(c3ccccc3)c3ccccc3)ccc21. The number of anilines is 6. The number of hydrogen-bond acceptors (Lipinski definition) is 4. The van der Waals surface area contributed by atoms with Gasteiger partial charge in [-0.2, -0.15) is 0 Å². The third kappa shape index (κ3) is 4.37. The van der Waals surface area contributed by atoms with Crippen molar-refractivity contribution >= 4 is 44.0 Å². The Bertz CT molecular complexity index is 1730. The standard InChI is InChI=1S/C36H26N2O2S/c39-41(40)35-23-21-31(37(27-13-5-1-6-14-27)28-15-7-2-8-16-28)25-33(35)34-26-32(22-24-36(34)41)38(29-17-9-3-10-18-29)30-19-11-4-12-20-30/h1-26H. The van der Waals surface area contributed by atoms with Gasteiger partial charge in [-0.05, 0) is 84.9 Å². The average molecular weight is 551 g/mol. The van der Waals surface area contributed by atoms with Crippen LogP contribution in [0.5, 0.6) is 0 Å². The third-order valence-corrected chi connectivity index (χ3v) is 9.24. The summed E-state index contributed by atoms with van der Waals surface area (Å²) in [4.78, 5) is 4.96. The summed E-state index contributed by atoms with van der Waals surface area (Å²) in [6, 6.07) is 51.7. The van der Waals surface area contributed by atoms with Crippen LogP contribution < -0.4 is 9.80 Å². The maximum Gasteiger partial charge on any atom is 0.207 e. The molecule has 4 nitrogen and oxygen atoms in total. The number of para-hydroxylation sites is 4. The minimum atomic E-state index is -3.65. The fraction of sp³-hybridized carbons (Fsp3) is 0. The molecule has 0 unspecified atom stereocenters. The van der Waals surface area contributed by atoms with Crippen LogP contribution in [-0.2, 0) is 9.84 Å². The van der Waals surface area contributed by atoms with Crippen molar-refractivity contribution in [1.82, 2.24) is 0 Å². The van der Waals surface area contributed by atoms with Gasteiger partial charge in [0.1, 0.15) is 0 Å². The largest absolute Gasteiger partial charge is 0.310 e. The second-order valence-corrected chi connectivity index (χ2v) is 11.8. The first-order chi connectivity index (χ1) is 20.1. The van der Waals surface area contributed by atoms with E-state index in [1.165, 1.54) is 0 Å². The van der Waals surface area contributed by atoms with Gasteiger partial charge in [0.15, 0.2) is 0 Å². The van der Waals surface area contributed by atoms with Crippen molar-refractivity contribution in [3.63, 3.8) is 0 Å². The van der Waals surface area contributed by atoms with Gasteiger partial charge >= 0.3 is 0 Å². The van der Waals surface area contributed by atoms with Gasteiger partial charge in [0, 0.05) is 45.3 Å². The van der Waals surface area contributed by atoms with Gasteiger partial charge in [-0.1, -0.05) is 72.8 Å². The number of benzene rings is 6. The quantitative estimate of drug-likeness (QED) is 0.207. The number of fused-ring (bicyclic) bond motifs is 3. The Hall–Kier alpha value is -5.13. The molecule has 0 saturated heterocycles. The molecule has 1 heterocycles. The maximum absolute atomic E-state index is 13.7. The van der Waals surface area contributed by atoms with Crippen LogP contribution in [0, 0.1) is 0 Å². The van der Waals surface area contributed by atoms with Gasteiger partial charge in [-0.3, -0.25) is 0 Å². The van der Waals surface area contributed by atoms with Crippen LogP contribution in [0.4, 0.5) is 34.1 Å². The lowest BCUT2D eigenvalue weighted by molar-refractivity contribution is 0.598. The van der Waals surface area contributed by atoms with Crippen molar-refractivity contribution in [2.75, 3.05) is 9.80 Å². The van der Waals surface area contributed by atoms with E-state index in [0.29, 0.717) is 20.9 Å². The summed E-state index contributed by atoms with van der Waals surface area (Å²) >= 11 is 0. The molecule has 0 fully saturated rings. The Labute approximate surface area is 240 Å². The van der Waals surface area contributed by atoms with Crippen molar-refractivity contribution in [2.24, 2.45) is 0 Å². The maximum atomic E-state index is 13.7. The molecule has 198 valence electrons. The fourth-order valence-electron chi connectivity index (χ4n) is 5.52. The molecule has 0 aromatic heterocycles. The third-order valence-electron chi connectivity index (χ3n) is 7.37. The molecule has 0 atom stereocenters. The Balaban J connectivity index is 1.41. The highest BCUT2D eigenvalue weighted by Gasteiger charge is 2.34. The van der Waals surface area contributed by atoms with Gasteiger partial charge in [0.2, 0.25) is 9.84 Å². The Morgan fingerprint density at radius 1 is 0.341 bits per heavy atom. The summed E-state index contributed by atoms with van der Waals surface area (Å²) in [6.45, 7) is 0. The zero-order valence-electron chi connectivity index (χ0n) is 22.1. The molecular formula is C36H26N2O2S. The highest BCUT2D eigenvalue weighted by Crippen LogP contribution is 2.48. The molecule has 0 N–H and O–H groups in total. The fourth-order valence-corrected chi connectivity index (χ4v) is 7.17. The van der Waals surface area contributed by atoms with Gasteiger partial charge < -0.3 is 9.80 Å².